The highest BCUT2D eigenvalue weighted by Crippen LogP contribution is 2.21. The second-order valence-corrected chi connectivity index (χ2v) is 5.24. The molecule has 0 saturated heterocycles. The summed E-state index contributed by atoms with van der Waals surface area (Å²) in [6.07, 6.45) is 0. The number of carboxylic acid groups (broad SMARTS) is 1. The molecule has 0 amide bonds. The zero-order valence-corrected chi connectivity index (χ0v) is 11.9. The Morgan fingerprint density at radius 2 is 1.94 bits per heavy atom. The van der Waals surface area contributed by atoms with Crippen LogP contribution in [0.25, 0.3) is 0 Å². The summed E-state index contributed by atoms with van der Waals surface area (Å²) < 4.78 is 0. The van der Waals surface area contributed by atoms with Crippen molar-refractivity contribution in [3.8, 4) is 0 Å². The Balaban J connectivity index is 3.00. The first-order valence-electron chi connectivity index (χ1n) is 6.34. The Kier molecular flexibility index (Phi) is 4.52. The van der Waals surface area contributed by atoms with Crippen LogP contribution < -0.4 is 0 Å². The van der Waals surface area contributed by atoms with Crippen molar-refractivity contribution >= 4 is 5.97 Å². The average molecular weight is 249 g/mol. The molecule has 100 valence electrons. The third-order valence-corrected chi connectivity index (χ3v) is 3.77. The lowest BCUT2D eigenvalue weighted by atomic mass is 9.99. The molecule has 0 bridgehead atoms. The van der Waals surface area contributed by atoms with Crippen LogP contribution in [0.15, 0.2) is 18.2 Å². The molecule has 0 aliphatic rings. The number of carboxylic acids is 1. The van der Waals surface area contributed by atoms with Crippen molar-refractivity contribution in [1.29, 1.82) is 0 Å². The van der Waals surface area contributed by atoms with Crippen LogP contribution in [0.4, 0.5) is 0 Å². The minimum Gasteiger partial charge on any atom is -0.480 e. The zero-order valence-electron chi connectivity index (χ0n) is 11.9. The highest BCUT2D eigenvalue weighted by molar-refractivity contribution is 5.77. The number of hydrogen-bond acceptors (Lipinski definition) is 2. The molecule has 0 heterocycles. The van der Waals surface area contributed by atoms with Crippen molar-refractivity contribution in [1.82, 2.24) is 4.90 Å². The fourth-order valence-corrected chi connectivity index (χ4v) is 2.03. The van der Waals surface area contributed by atoms with E-state index in [1.165, 1.54) is 16.7 Å². The largest absolute Gasteiger partial charge is 0.480 e. The van der Waals surface area contributed by atoms with Crippen LogP contribution in [0.2, 0.25) is 0 Å². The van der Waals surface area contributed by atoms with E-state index in [0.29, 0.717) is 13.1 Å². The van der Waals surface area contributed by atoms with Gasteiger partial charge in [0, 0.05) is 6.54 Å². The van der Waals surface area contributed by atoms with Gasteiger partial charge in [0.1, 0.15) is 5.54 Å². The topological polar surface area (TPSA) is 40.5 Å². The number of aliphatic carboxylic acids is 1. The Hall–Kier alpha value is -1.35. The van der Waals surface area contributed by atoms with E-state index < -0.39 is 11.5 Å². The van der Waals surface area contributed by atoms with E-state index in [-0.39, 0.29) is 0 Å². The zero-order chi connectivity index (χ0) is 13.9. The van der Waals surface area contributed by atoms with E-state index in [4.69, 9.17) is 0 Å². The van der Waals surface area contributed by atoms with Gasteiger partial charge < -0.3 is 5.11 Å². The molecule has 1 rings (SSSR count). The van der Waals surface area contributed by atoms with Crippen LogP contribution in [0.3, 0.4) is 0 Å². The predicted octanol–water partition coefficient (Wildman–Crippen LogP) is 2.99. The fraction of sp³-hybridized carbons (Fsp3) is 0.533. The van der Waals surface area contributed by atoms with Crippen molar-refractivity contribution in [2.45, 2.75) is 46.7 Å². The minimum atomic E-state index is -0.842. The average Bonchev–Trinajstić information content (AvgIpc) is 2.30. The molecule has 0 atom stereocenters. The van der Waals surface area contributed by atoms with Gasteiger partial charge in [-0.25, -0.2) is 0 Å². The number of benzene rings is 1. The molecule has 0 radical (unpaired) electrons. The van der Waals surface area contributed by atoms with Crippen molar-refractivity contribution in [2.24, 2.45) is 0 Å². The van der Waals surface area contributed by atoms with E-state index in [1.807, 2.05) is 17.9 Å². The standard InChI is InChI=1S/C15H23NO2/c1-6-16(15(4,5)14(17)18)10-13-9-7-8-11(2)12(13)3/h7-9H,6,10H2,1-5H3,(H,17,18). The molecule has 18 heavy (non-hydrogen) atoms. The van der Waals surface area contributed by atoms with Crippen LogP contribution in [-0.2, 0) is 11.3 Å². The number of likely N-dealkylation sites (N-methyl/N-ethyl adjacent to an activating group) is 1. The van der Waals surface area contributed by atoms with Gasteiger partial charge in [0.2, 0.25) is 0 Å². The first kappa shape index (κ1) is 14.7. The third-order valence-electron chi connectivity index (χ3n) is 3.77. The number of aryl methyl sites for hydroxylation is 1. The summed E-state index contributed by atoms with van der Waals surface area (Å²) in [5.74, 6) is -0.783. The van der Waals surface area contributed by atoms with Gasteiger partial charge in [0.25, 0.3) is 0 Å². The summed E-state index contributed by atoms with van der Waals surface area (Å²) in [4.78, 5) is 13.3. The molecule has 1 aromatic rings. The summed E-state index contributed by atoms with van der Waals surface area (Å²) in [7, 11) is 0. The molecule has 0 aromatic heterocycles. The third kappa shape index (κ3) is 2.91. The normalized spacial score (nSPS) is 11.9. The van der Waals surface area contributed by atoms with Crippen molar-refractivity contribution < 1.29 is 9.90 Å². The van der Waals surface area contributed by atoms with E-state index >= 15 is 0 Å². The Morgan fingerprint density at radius 1 is 1.33 bits per heavy atom. The van der Waals surface area contributed by atoms with E-state index in [9.17, 15) is 9.90 Å². The molecule has 1 N–H and O–H groups in total. The van der Waals surface area contributed by atoms with Gasteiger partial charge >= 0.3 is 5.97 Å². The second-order valence-electron chi connectivity index (χ2n) is 5.24. The lowest BCUT2D eigenvalue weighted by molar-refractivity contribution is -0.149. The smallest absolute Gasteiger partial charge is 0.323 e. The van der Waals surface area contributed by atoms with Gasteiger partial charge in [-0.2, -0.15) is 0 Å². The maximum Gasteiger partial charge on any atom is 0.323 e. The van der Waals surface area contributed by atoms with Crippen LogP contribution >= 0.6 is 0 Å². The summed E-state index contributed by atoms with van der Waals surface area (Å²) in [6.45, 7) is 11.1. The fourth-order valence-electron chi connectivity index (χ4n) is 2.03. The van der Waals surface area contributed by atoms with E-state index in [1.54, 1.807) is 13.8 Å². The van der Waals surface area contributed by atoms with Crippen molar-refractivity contribution in [3.05, 3.63) is 34.9 Å². The molecule has 1 aromatic carbocycles. The molecule has 3 heteroatoms. The molecule has 0 saturated carbocycles. The second kappa shape index (κ2) is 5.53. The van der Waals surface area contributed by atoms with Crippen LogP contribution in [-0.4, -0.2) is 28.1 Å². The van der Waals surface area contributed by atoms with Crippen LogP contribution in [0, 0.1) is 13.8 Å². The Labute approximate surface area is 109 Å². The van der Waals surface area contributed by atoms with Crippen LogP contribution in [0.5, 0.6) is 0 Å². The number of hydrogen-bond donors (Lipinski definition) is 1. The van der Waals surface area contributed by atoms with Gasteiger partial charge in [0.05, 0.1) is 0 Å². The number of rotatable bonds is 5. The highest BCUT2D eigenvalue weighted by Gasteiger charge is 2.33. The minimum absolute atomic E-state index is 0.670. The Morgan fingerprint density at radius 3 is 2.44 bits per heavy atom. The van der Waals surface area contributed by atoms with E-state index in [0.717, 1.165) is 0 Å². The first-order chi connectivity index (χ1) is 8.30. The molecule has 0 aliphatic heterocycles. The van der Waals surface area contributed by atoms with Gasteiger partial charge in [-0.05, 0) is 50.9 Å². The summed E-state index contributed by atoms with van der Waals surface area (Å²) in [6, 6.07) is 6.18. The van der Waals surface area contributed by atoms with E-state index in [2.05, 4.69) is 26.0 Å². The highest BCUT2D eigenvalue weighted by atomic mass is 16.4. The molecular formula is C15H23NO2. The lowest BCUT2D eigenvalue weighted by Gasteiger charge is -2.34. The Bertz CT molecular complexity index is 438. The summed E-state index contributed by atoms with van der Waals surface area (Å²) in [5, 5.41) is 9.30. The van der Waals surface area contributed by atoms with Gasteiger partial charge in [0.15, 0.2) is 0 Å². The maximum atomic E-state index is 11.3. The van der Waals surface area contributed by atoms with Gasteiger partial charge in [-0.15, -0.1) is 0 Å². The SMILES string of the molecule is CCN(Cc1cccc(C)c1C)C(C)(C)C(=O)O. The van der Waals surface area contributed by atoms with Crippen molar-refractivity contribution in [3.63, 3.8) is 0 Å². The molecular weight excluding hydrogens is 226 g/mol. The van der Waals surface area contributed by atoms with Crippen molar-refractivity contribution in [2.75, 3.05) is 6.54 Å². The first-order valence-corrected chi connectivity index (χ1v) is 6.34. The number of carbonyl (C=O) groups is 1. The van der Waals surface area contributed by atoms with Crippen LogP contribution in [0.1, 0.15) is 37.5 Å². The summed E-state index contributed by atoms with van der Waals surface area (Å²) in [5.41, 5.74) is 2.85. The molecule has 0 unspecified atom stereocenters. The lowest BCUT2D eigenvalue weighted by Crippen LogP contribution is -2.49. The monoisotopic (exact) mass is 249 g/mol. The quantitative estimate of drug-likeness (QED) is 0.872. The maximum absolute atomic E-state index is 11.3. The van der Waals surface area contributed by atoms with Gasteiger partial charge in [-0.3, -0.25) is 9.69 Å². The molecule has 0 spiro atoms. The number of nitrogens with zero attached hydrogens (tertiary/aromatic N) is 1. The predicted molar refractivity (Wildman–Crippen MR) is 73.7 cm³/mol. The van der Waals surface area contributed by atoms with Gasteiger partial charge in [-0.1, -0.05) is 25.1 Å². The molecule has 0 fully saturated rings. The molecule has 0 aliphatic carbocycles. The summed E-state index contributed by atoms with van der Waals surface area (Å²) >= 11 is 0. The molecule has 3 nitrogen and oxygen atoms in total.